The van der Waals surface area contributed by atoms with E-state index in [4.69, 9.17) is 19.9 Å². The molecule has 0 rings (SSSR count). The Labute approximate surface area is 333 Å². The molecule has 0 saturated carbocycles. The van der Waals surface area contributed by atoms with Crippen molar-refractivity contribution < 1.29 is 28.6 Å². The maximum absolute atomic E-state index is 12.8. The van der Waals surface area contributed by atoms with Gasteiger partial charge in [-0.15, -0.1) is 0 Å². The quantitative estimate of drug-likeness (QED) is 0.0375. The number of hydrogen-bond acceptors (Lipinski definition) is 7. The Hall–Kier alpha value is -2.19. The van der Waals surface area contributed by atoms with Crippen LogP contribution in [0.25, 0.3) is 0 Å². The molecule has 2 atom stereocenters. The van der Waals surface area contributed by atoms with Crippen LogP contribution in [-0.2, 0) is 28.6 Å². The Morgan fingerprint density at radius 2 is 0.926 bits per heavy atom. The minimum Gasteiger partial charge on any atom is -0.463 e. The summed E-state index contributed by atoms with van der Waals surface area (Å²) < 4.78 is 17.1. The Balaban J connectivity index is 4.45. The number of likely N-dealkylation sites (N-methyl/N-ethyl adjacent to an activating group) is 1. The van der Waals surface area contributed by atoms with E-state index in [0.29, 0.717) is 26.0 Å². The van der Waals surface area contributed by atoms with Crippen molar-refractivity contribution in [1.29, 1.82) is 0 Å². The van der Waals surface area contributed by atoms with E-state index < -0.39 is 24.1 Å². The van der Waals surface area contributed by atoms with Crippen LogP contribution in [0.2, 0.25) is 0 Å². The molecule has 2 N–H and O–H groups in total. The van der Waals surface area contributed by atoms with Crippen LogP contribution < -0.4 is 5.73 Å². The predicted octanol–water partition coefficient (Wildman–Crippen LogP) is 11.7. The summed E-state index contributed by atoms with van der Waals surface area (Å²) >= 11 is 0. The smallest absolute Gasteiger partial charge is 0.306 e. The summed E-state index contributed by atoms with van der Waals surface area (Å²) in [4.78, 5) is 40.0. The monoisotopic (exact) mass is 763 g/mol. The Bertz CT molecular complexity index is 919. The maximum Gasteiger partial charge on any atom is 0.306 e. The molecular formula is C46H86N2O6. The van der Waals surface area contributed by atoms with Crippen molar-refractivity contribution >= 4 is 17.8 Å². The second-order valence-corrected chi connectivity index (χ2v) is 15.1. The van der Waals surface area contributed by atoms with Gasteiger partial charge >= 0.3 is 11.9 Å². The SMILES string of the molecule is CCCCCCCCC=CCCCCCCCC(=O)OCC(OCCN(CC)CC)C(OC(=O)CCCCCCCC=CCCCCCCCC)C(N)=O. The van der Waals surface area contributed by atoms with Gasteiger partial charge in [-0.25, -0.2) is 0 Å². The van der Waals surface area contributed by atoms with Crippen LogP contribution in [0.15, 0.2) is 24.3 Å². The number of primary amides is 1. The molecule has 0 aliphatic carbocycles. The number of amides is 1. The first-order valence-corrected chi connectivity index (χ1v) is 22.7. The van der Waals surface area contributed by atoms with Crippen LogP contribution in [-0.4, -0.2) is 67.8 Å². The van der Waals surface area contributed by atoms with Crippen LogP contribution in [0.3, 0.4) is 0 Å². The summed E-state index contributed by atoms with van der Waals surface area (Å²) in [7, 11) is 0. The van der Waals surface area contributed by atoms with E-state index in [0.717, 1.165) is 77.3 Å². The molecule has 1 amide bonds. The van der Waals surface area contributed by atoms with Crippen LogP contribution in [0.4, 0.5) is 0 Å². The van der Waals surface area contributed by atoms with Crippen LogP contribution in [0, 0.1) is 0 Å². The van der Waals surface area contributed by atoms with Crippen molar-refractivity contribution in [3.05, 3.63) is 24.3 Å². The first-order valence-electron chi connectivity index (χ1n) is 22.7. The van der Waals surface area contributed by atoms with Gasteiger partial charge in [-0.05, 0) is 77.3 Å². The summed E-state index contributed by atoms with van der Waals surface area (Å²) in [6, 6.07) is 0. The molecule has 8 nitrogen and oxygen atoms in total. The number of nitrogens with two attached hydrogens (primary N) is 1. The zero-order valence-electron chi connectivity index (χ0n) is 35.8. The number of ether oxygens (including phenoxy) is 3. The lowest BCUT2D eigenvalue weighted by molar-refractivity contribution is -0.171. The number of allylic oxidation sites excluding steroid dienone is 4. The maximum atomic E-state index is 12.8. The zero-order chi connectivity index (χ0) is 39.7. The standard InChI is InChI=1S/C46H86N2O6/c1-5-9-11-13-15-17-19-21-23-25-27-29-31-33-35-37-43(49)53-41-42(52-40-39-48(7-3)8-4)45(46(47)51)54-44(50)38-36-34-32-30-28-26-24-22-20-18-16-14-12-10-6-2/h21-24,42,45H,5-20,25-41H2,1-4H3,(H2,47,51). The number of rotatable bonds is 41. The molecule has 0 saturated heterocycles. The summed E-state index contributed by atoms with van der Waals surface area (Å²) in [5, 5.41) is 0. The summed E-state index contributed by atoms with van der Waals surface area (Å²) in [5.41, 5.74) is 5.70. The molecule has 0 aromatic carbocycles. The zero-order valence-corrected chi connectivity index (χ0v) is 35.8. The average Bonchev–Trinajstić information content (AvgIpc) is 3.16. The van der Waals surface area contributed by atoms with Gasteiger partial charge in [0, 0.05) is 19.4 Å². The minimum atomic E-state index is -1.31. The van der Waals surface area contributed by atoms with Crippen molar-refractivity contribution in [3.8, 4) is 0 Å². The third-order valence-corrected chi connectivity index (χ3v) is 10.2. The molecule has 0 aliphatic rings. The topological polar surface area (TPSA) is 108 Å². The second-order valence-electron chi connectivity index (χ2n) is 15.1. The van der Waals surface area contributed by atoms with Gasteiger partial charge in [0.15, 0.2) is 0 Å². The van der Waals surface area contributed by atoms with E-state index in [9.17, 15) is 14.4 Å². The van der Waals surface area contributed by atoms with Gasteiger partial charge in [0.2, 0.25) is 6.10 Å². The molecule has 0 aromatic rings. The highest BCUT2D eigenvalue weighted by Gasteiger charge is 2.32. The predicted molar refractivity (Wildman–Crippen MR) is 226 cm³/mol. The number of unbranched alkanes of at least 4 members (excludes halogenated alkanes) is 22. The molecule has 54 heavy (non-hydrogen) atoms. The Morgan fingerprint density at radius 3 is 1.33 bits per heavy atom. The van der Waals surface area contributed by atoms with E-state index in [1.54, 1.807) is 0 Å². The van der Waals surface area contributed by atoms with E-state index in [-0.39, 0.29) is 19.0 Å². The third-order valence-electron chi connectivity index (χ3n) is 10.2. The average molecular weight is 763 g/mol. The van der Waals surface area contributed by atoms with Gasteiger partial charge in [0.1, 0.15) is 12.7 Å². The molecule has 8 heteroatoms. The molecule has 2 unspecified atom stereocenters. The fraction of sp³-hybridized carbons (Fsp3) is 0.848. The normalized spacial score (nSPS) is 12.9. The lowest BCUT2D eigenvalue weighted by atomic mass is 10.1. The minimum absolute atomic E-state index is 0.184. The highest BCUT2D eigenvalue weighted by Crippen LogP contribution is 2.14. The highest BCUT2D eigenvalue weighted by molar-refractivity contribution is 5.83. The molecule has 0 spiro atoms. The van der Waals surface area contributed by atoms with Gasteiger partial charge in [-0.1, -0.05) is 155 Å². The Morgan fingerprint density at radius 1 is 0.537 bits per heavy atom. The lowest BCUT2D eigenvalue weighted by Crippen LogP contribution is -2.47. The second kappa shape index (κ2) is 40.5. The van der Waals surface area contributed by atoms with Gasteiger partial charge in [-0.2, -0.15) is 0 Å². The number of esters is 2. The Kier molecular flexibility index (Phi) is 38.8. The summed E-state index contributed by atoms with van der Waals surface area (Å²) in [6.45, 7) is 11.1. The van der Waals surface area contributed by atoms with E-state index in [1.165, 1.54) is 96.3 Å². The summed E-state index contributed by atoms with van der Waals surface area (Å²) in [6.07, 6.45) is 38.3. The first-order chi connectivity index (χ1) is 26.4. The van der Waals surface area contributed by atoms with E-state index in [2.05, 4.69) is 56.9 Å². The van der Waals surface area contributed by atoms with Crippen molar-refractivity contribution in [2.24, 2.45) is 5.73 Å². The summed E-state index contributed by atoms with van der Waals surface area (Å²) in [5.74, 6) is -1.62. The van der Waals surface area contributed by atoms with Gasteiger partial charge in [-0.3, -0.25) is 14.4 Å². The number of nitrogens with zero attached hydrogens (tertiary/aromatic N) is 1. The molecular weight excluding hydrogens is 677 g/mol. The highest BCUT2D eigenvalue weighted by atomic mass is 16.6. The van der Waals surface area contributed by atoms with E-state index in [1.807, 2.05) is 0 Å². The lowest BCUT2D eigenvalue weighted by Gasteiger charge is -2.26. The fourth-order valence-electron chi connectivity index (χ4n) is 6.54. The fourth-order valence-corrected chi connectivity index (χ4v) is 6.54. The van der Waals surface area contributed by atoms with Crippen molar-refractivity contribution in [2.45, 2.75) is 220 Å². The van der Waals surface area contributed by atoms with Crippen LogP contribution in [0.5, 0.6) is 0 Å². The molecule has 0 radical (unpaired) electrons. The molecule has 0 bridgehead atoms. The van der Waals surface area contributed by atoms with Crippen LogP contribution >= 0.6 is 0 Å². The van der Waals surface area contributed by atoms with Gasteiger partial charge in [0.05, 0.1) is 6.61 Å². The van der Waals surface area contributed by atoms with Gasteiger partial charge < -0.3 is 24.8 Å². The number of carbonyl (C=O) groups excluding carboxylic acids is 3. The number of hydrogen-bond donors (Lipinski definition) is 1. The van der Waals surface area contributed by atoms with Crippen molar-refractivity contribution in [3.63, 3.8) is 0 Å². The molecule has 0 aromatic heterocycles. The molecule has 0 heterocycles. The third kappa shape index (κ3) is 34.3. The molecule has 316 valence electrons. The van der Waals surface area contributed by atoms with E-state index >= 15 is 0 Å². The molecule has 0 aliphatic heterocycles. The van der Waals surface area contributed by atoms with Gasteiger partial charge in [0.25, 0.3) is 5.91 Å². The first kappa shape index (κ1) is 51.8. The van der Waals surface area contributed by atoms with Crippen LogP contribution in [0.1, 0.15) is 207 Å². The largest absolute Gasteiger partial charge is 0.463 e. The van der Waals surface area contributed by atoms with Crippen molar-refractivity contribution in [1.82, 2.24) is 4.90 Å². The molecule has 0 fully saturated rings. The van der Waals surface area contributed by atoms with Crippen molar-refractivity contribution in [2.75, 3.05) is 32.8 Å². The number of carbonyl (C=O) groups is 3.